The fourth-order valence-corrected chi connectivity index (χ4v) is 4.52. The van der Waals surface area contributed by atoms with Gasteiger partial charge in [0.15, 0.2) is 5.66 Å². The van der Waals surface area contributed by atoms with Crippen molar-refractivity contribution < 1.29 is 4.79 Å². The molecule has 1 aromatic heterocycles. The van der Waals surface area contributed by atoms with Crippen LogP contribution in [0.25, 0.3) is 0 Å². The van der Waals surface area contributed by atoms with E-state index in [1.165, 1.54) is 11.8 Å². The van der Waals surface area contributed by atoms with Gasteiger partial charge in [0.1, 0.15) is 5.04 Å². The van der Waals surface area contributed by atoms with Gasteiger partial charge in [0.05, 0.1) is 11.5 Å². The summed E-state index contributed by atoms with van der Waals surface area (Å²) in [7, 11) is 2.13. The number of amides is 1. The van der Waals surface area contributed by atoms with E-state index < -0.39 is 5.66 Å². The summed E-state index contributed by atoms with van der Waals surface area (Å²) in [6.45, 7) is 1.95. The van der Waals surface area contributed by atoms with Gasteiger partial charge in [-0.3, -0.25) is 14.8 Å². The monoisotopic (exact) mass is 471 g/mol. The molecule has 1 amide bonds. The van der Waals surface area contributed by atoms with Crippen molar-refractivity contribution in [3.8, 4) is 0 Å². The minimum atomic E-state index is -0.390. The number of carbonyl (C=O) groups excluding carboxylic acids is 1. The van der Waals surface area contributed by atoms with Crippen LogP contribution in [-0.2, 0) is 4.79 Å². The van der Waals surface area contributed by atoms with Gasteiger partial charge in [0.2, 0.25) is 5.91 Å². The standard InChI is InChI=1S/C21H22BrN5OS/c1-27-12-8-21(9-13-27)25-19(15-2-4-16(22)5-3-15)20(26-21)29-14-18(28)24-17-6-10-23-11-7-17/h2-7,10-11H,8-9,12-14H2,1H3,(H,23,24,28). The molecule has 1 aromatic carbocycles. The van der Waals surface area contributed by atoms with Crippen molar-refractivity contribution in [2.45, 2.75) is 18.5 Å². The van der Waals surface area contributed by atoms with Crippen molar-refractivity contribution in [2.75, 3.05) is 31.2 Å². The summed E-state index contributed by atoms with van der Waals surface area (Å²) < 4.78 is 1.02. The van der Waals surface area contributed by atoms with Gasteiger partial charge in [-0.25, -0.2) is 4.99 Å². The first kappa shape index (κ1) is 20.3. The van der Waals surface area contributed by atoms with Crippen LogP contribution in [-0.4, -0.2) is 58.1 Å². The van der Waals surface area contributed by atoms with Crippen molar-refractivity contribution in [1.29, 1.82) is 0 Å². The SMILES string of the molecule is CN1CCC2(CC1)N=C(SCC(=O)Nc1ccncc1)C(c1ccc(Br)cc1)=N2. The third-order valence-corrected chi connectivity index (χ3v) is 6.53. The lowest BCUT2D eigenvalue weighted by Crippen LogP contribution is -2.39. The van der Waals surface area contributed by atoms with E-state index in [2.05, 4.69) is 38.2 Å². The Balaban J connectivity index is 1.51. The number of benzene rings is 1. The number of aliphatic imine (C=N–C) groups is 2. The lowest BCUT2D eigenvalue weighted by molar-refractivity contribution is -0.113. The molecule has 0 atom stereocenters. The van der Waals surface area contributed by atoms with E-state index in [0.29, 0.717) is 0 Å². The fourth-order valence-electron chi connectivity index (χ4n) is 3.39. The molecule has 1 spiro atoms. The predicted molar refractivity (Wildman–Crippen MR) is 123 cm³/mol. The molecule has 6 nitrogen and oxygen atoms in total. The number of nitrogens with zero attached hydrogens (tertiary/aromatic N) is 4. The Morgan fingerprint density at radius 1 is 1.14 bits per heavy atom. The number of aromatic nitrogens is 1. The zero-order valence-electron chi connectivity index (χ0n) is 16.1. The molecule has 1 saturated heterocycles. The minimum absolute atomic E-state index is 0.0663. The molecule has 1 fully saturated rings. The highest BCUT2D eigenvalue weighted by molar-refractivity contribution is 9.10. The van der Waals surface area contributed by atoms with Gasteiger partial charge in [-0.2, -0.15) is 0 Å². The van der Waals surface area contributed by atoms with Crippen LogP contribution < -0.4 is 5.32 Å². The van der Waals surface area contributed by atoms with E-state index in [1.54, 1.807) is 24.5 Å². The molecule has 4 rings (SSSR count). The van der Waals surface area contributed by atoms with Crippen LogP contribution in [0.15, 0.2) is 63.2 Å². The Morgan fingerprint density at radius 2 is 1.83 bits per heavy atom. The van der Waals surface area contributed by atoms with Gasteiger partial charge in [-0.05, 0) is 31.3 Å². The molecule has 0 bridgehead atoms. The average molecular weight is 472 g/mol. The summed E-state index contributed by atoms with van der Waals surface area (Å²) in [4.78, 5) is 28.8. The van der Waals surface area contributed by atoms with Crippen molar-refractivity contribution in [1.82, 2.24) is 9.88 Å². The zero-order valence-corrected chi connectivity index (χ0v) is 18.5. The molecule has 29 heavy (non-hydrogen) atoms. The van der Waals surface area contributed by atoms with E-state index in [-0.39, 0.29) is 11.7 Å². The molecule has 2 aliphatic heterocycles. The summed E-state index contributed by atoms with van der Waals surface area (Å²) >= 11 is 4.94. The number of rotatable bonds is 4. The number of nitrogens with one attached hydrogen (secondary N) is 1. The van der Waals surface area contributed by atoms with Gasteiger partial charge >= 0.3 is 0 Å². The largest absolute Gasteiger partial charge is 0.325 e. The van der Waals surface area contributed by atoms with Gasteiger partial charge < -0.3 is 10.2 Å². The van der Waals surface area contributed by atoms with Crippen LogP contribution in [0.5, 0.6) is 0 Å². The highest BCUT2D eigenvalue weighted by atomic mass is 79.9. The van der Waals surface area contributed by atoms with Crippen LogP contribution in [0.4, 0.5) is 5.69 Å². The van der Waals surface area contributed by atoms with E-state index in [1.807, 2.05) is 24.3 Å². The molecule has 0 radical (unpaired) electrons. The topological polar surface area (TPSA) is 70.0 Å². The number of likely N-dealkylation sites (tertiary alicyclic amines) is 1. The molecular weight excluding hydrogens is 450 g/mol. The summed E-state index contributed by atoms with van der Waals surface area (Å²) in [5, 5.41) is 3.75. The van der Waals surface area contributed by atoms with E-state index in [4.69, 9.17) is 9.98 Å². The highest BCUT2D eigenvalue weighted by Crippen LogP contribution is 2.35. The maximum absolute atomic E-state index is 12.4. The summed E-state index contributed by atoms with van der Waals surface area (Å²) in [6.07, 6.45) is 5.12. The second kappa shape index (κ2) is 8.77. The van der Waals surface area contributed by atoms with Crippen molar-refractivity contribution in [2.24, 2.45) is 9.98 Å². The van der Waals surface area contributed by atoms with E-state index in [0.717, 1.165) is 52.4 Å². The molecule has 1 N–H and O–H groups in total. The lowest BCUT2D eigenvalue weighted by atomic mass is 9.99. The van der Waals surface area contributed by atoms with Crippen molar-refractivity contribution in [3.63, 3.8) is 0 Å². The number of hydrogen-bond acceptors (Lipinski definition) is 6. The van der Waals surface area contributed by atoms with E-state index >= 15 is 0 Å². The van der Waals surface area contributed by atoms with Gasteiger partial charge in [-0.15, -0.1) is 0 Å². The first-order valence-corrected chi connectivity index (χ1v) is 11.3. The number of pyridine rings is 1. The Hall–Kier alpha value is -2.03. The Morgan fingerprint density at radius 3 is 2.52 bits per heavy atom. The first-order valence-electron chi connectivity index (χ1n) is 9.50. The average Bonchev–Trinajstić information content (AvgIpc) is 3.09. The van der Waals surface area contributed by atoms with Crippen LogP contribution >= 0.6 is 27.7 Å². The second-order valence-corrected chi connectivity index (χ2v) is 9.12. The summed E-state index contributed by atoms with van der Waals surface area (Å²) in [6, 6.07) is 11.7. The van der Waals surface area contributed by atoms with Crippen LogP contribution in [0.2, 0.25) is 0 Å². The van der Waals surface area contributed by atoms with Crippen molar-refractivity contribution >= 4 is 50.0 Å². The smallest absolute Gasteiger partial charge is 0.234 e. The van der Waals surface area contributed by atoms with Crippen LogP contribution in [0.1, 0.15) is 18.4 Å². The molecule has 0 unspecified atom stereocenters. The maximum Gasteiger partial charge on any atom is 0.234 e. The number of thioether (sulfide) groups is 1. The van der Waals surface area contributed by atoms with Gasteiger partial charge in [-0.1, -0.05) is 39.8 Å². The Kier molecular flexibility index (Phi) is 6.12. The molecule has 2 aliphatic rings. The lowest BCUT2D eigenvalue weighted by Gasteiger charge is -2.33. The zero-order chi connectivity index (χ0) is 20.3. The van der Waals surface area contributed by atoms with Crippen LogP contribution in [0.3, 0.4) is 0 Å². The highest BCUT2D eigenvalue weighted by Gasteiger charge is 2.39. The maximum atomic E-state index is 12.4. The number of piperidine rings is 1. The molecule has 0 saturated carbocycles. The summed E-state index contributed by atoms with van der Waals surface area (Å²) in [5.74, 6) is 0.218. The van der Waals surface area contributed by atoms with E-state index in [9.17, 15) is 4.79 Å². The molecule has 150 valence electrons. The number of hydrogen-bond donors (Lipinski definition) is 1. The predicted octanol–water partition coefficient (Wildman–Crippen LogP) is 3.84. The third-order valence-electron chi connectivity index (χ3n) is 5.04. The molecule has 2 aromatic rings. The number of halogens is 1. The molecular formula is C21H22BrN5OS. The number of carbonyl (C=O) groups is 1. The summed E-state index contributed by atoms with van der Waals surface area (Å²) in [5.41, 5.74) is 2.28. The third kappa shape index (κ3) is 4.94. The number of anilines is 1. The molecule has 8 heteroatoms. The van der Waals surface area contributed by atoms with Gasteiger partial charge in [0.25, 0.3) is 0 Å². The second-order valence-electron chi connectivity index (χ2n) is 7.24. The minimum Gasteiger partial charge on any atom is -0.325 e. The molecule has 3 heterocycles. The normalized spacial score (nSPS) is 18.4. The van der Waals surface area contributed by atoms with Crippen LogP contribution in [0, 0.1) is 0 Å². The molecule has 0 aliphatic carbocycles. The van der Waals surface area contributed by atoms with Gasteiger partial charge in [0, 0.05) is 54.0 Å². The Bertz CT molecular complexity index is 937. The quantitative estimate of drug-likeness (QED) is 0.735. The van der Waals surface area contributed by atoms with Crippen molar-refractivity contribution in [3.05, 3.63) is 58.8 Å². The first-order chi connectivity index (χ1) is 14.0. The Labute approximate surface area is 183 Å². The fraction of sp³-hybridized carbons (Fsp3) is 0.333.